The van der Waals surface area contributed by atoms with Gasteiger partial charge in [-0.2, -0.15) is 0 Å². The summed E-state index contributed by atoms with van der Waals surface area (Å²) < 4.78 is 0. The smallest absolute Gasteiger partial charge is 0.508 e. The molecule has 0 atom stereocenters. The molecule has 0 aliphatic rings. The number of hydrogen-bond acceptors (Lipinski definition) is 3. The molecule has 0 spiro atoms. The van der Waals surface area contributed by atoms with Gasteiger partial charge in [-0.3, -0.25) is 10.1 Å². The Kier molecular flexibility index (Phi) is 6.22. The monoisotopic (exact) mass is 218 g/mol. The van der Waals surface area contributed by atoms with Crippen molar-refractivity contribution in [1.82, 2.24) is 0 Å². The molecule has 0 aliphatic carbocycles. The van der Waals surface area contributed by atoms with Gasteiger partial charge in [0.05, 0.1) is 4.92 Å². The minimum absolute atomic E-state index is 0. The molecule has 14 heavy (non-hydrogen) atoms. The van der Waals surface area contributed by atoms with E-state index in [1.165, 1.54) is 18.2 Å². The quantitative estimate of drug-likeness (QED) is 0.307. The van der Waals surface area contributed by atoms with Crippen LogP contribution in [0, 0.1) is 10.1 Å². The summed E-state index contributed by atoms with van der Waals surface area (Å²) in [7, 11) is 0. The Hall–Kier alpha value is -0.204. The van der Waals surface area contributed by atoms with Gasteiger partial charge in [0, 0.05) is 17.7 Å². The fourth-order valence-corrected chi connectivity index (χ4v) is 1.00. The van der Waals surface area contributed by atoms with Crippen LogP contribution in [0.3, 0.4) is 0 Å². The molecule has 1 N–H and O–H groups in total. The summed E-state index contributed by atoms with van der Waals surface area (Å²) in [5.41, 5.74) is 0.499. The molecule has 1 aromatic carbocycles. The zero-order valence-corrected chi connectivity index (χ0v) is 11.1. The Morgan fingerprint density at radius 3 is 2.71 bits per heavy atom. The van der Waals surface area contributed by atoms with Crippen molar-refractivity contribution < 1.29 is 61.4 Å². The van der Waals surface area contributed by atoms with Crippen molar-refractivity contribution in [3.05, 3.63) is 46.5 Å². The van der Waals surface area contributed by atoms with Gasteiger partial charge in [0.15, 0.2) is 0 Å². The van der Waals surface area contributed by atoms with Gasteiger partial charge < -0.3 is 5.11 Å². The number of rotatable bonds is 3. The maximum atomic E-state index is 10.4. The Labute approximate surface area is 124 Å². The Bertz CT molecular complexity index is 352. The molecule has 0 saturated heterocycles. The van der Waals surface area contributed by atoms with Crippen molar-refractivity contribution in [2.75, 3.05) is 0 Å². The summed E-state index contributed by atoms with van der Waals surface area (Å²) in [4.78, 5) is 9.87. The molecule has 1 rings (SSSR count). The number of nitrogens with zero attached hydrogens (tertiary/aromatic N) is 1. The topological polar surface area (TPSA) is 63.4 Å². The van der Waals surface area contributed by atoms with Crippen LogP contribution >= 0.6 is 0 Å². The molecule has 4 nitrogen and oxygen atoms in total. The number of benzene rings is 1. The molecule has 0 radical (unpaired) electrons. The first kappa shape index (κ1) is 13.8. The first-order valence-electron chi connectivity index (χ1n) is 3.72. The van der Waals surface area contributed by atoms with Gasteiger partial charge in [0.25, 0.3) is 5.69 Å². The van der Waals surface area contributed by atoms with Gasteiger partial charge in [-0.25, -0.2) is 0 Å². The molecule has 1 aromatic rings. The van der Waals surface area contributed by atoms with Crippen molar-refractivity contribution in [2.45, 2.75) is 6.42 Å². The minimum Gasteiger partial charge on any atom is -0.508 e. The molecular weight excluding hydrogens is 209 g/mol. The van der Waals surface area contributed by atoms with Crippen molar-refractivity contribution in [2.24, 2.45) is 0 Å². The van der Waals surface area contributed by atoms with Crippen LogP contribution in [-0.4, -0.2) is 10.0 Å². The maximum absolute atomic E-state index is 10.4. The zero-order chi connectivity index (χ0) is 9.84. The molecule has 0 bridgehead atoms. The molecule has 0 saturated carbocycles. The van der Waals surface area contributed by atoms with Gasteiger partial charge in [0.2, 0.25) is 0 Å². The molecule has 0 amide bonds. The molecule has 0 fully saturated rings. The summed E-state index contributed by atoms with van der Waals surface area (Å²) in [5, 5.41) is 19.6. The second-order valence-corrected chi connectivity index (χ2v) is 2.56. The Morgan fingerprint density at radius 1 is 1.57 bits per heavy atom. The van der Waals surface area contributed by atoms with Crippen LogP contribution in [-0.2, 0) is 6.42 Å². The largest absolute Gasteiger partial charge is 1.00 e. The summed E-state index contributed by atoms with van der Waals surface area (Å²) in [6, 6.07) is 3.93. The molecule has 0 aliphatic heterocycles. The van der Waals surface area contributed by atoms with Gasteiger partial charge in [-0.1, -0.05) is 6.08 Å². The molecule has 0 unspecified atom stereocenters. The first-order valence-corrected chi connectivity index (χ1v) is 3.72. The van der Waals surface area contributed by atoms with E-state index in [-0.39, 0.29) is 62.8 Å². The summed E-state index contributed by atoms with van der Waals surface area (Å²) in [5.74, 6) is 0.0606. The van der Waals surface area contributed by atoms with Crippen LogP contribution < -0.4 is 51.4 Å². The van der Waals surface area contributed by atoms with E-state index in [2.05, 4.69) is 6.58 Å². The molecule has 5 heteroatoms. The van der Waals surface area contributed by atoms with Gasteiger partial charge in [0.1, 0.15) is 5.75 Å². The van der Waals surface area contributed by atoms with Gasteiger partial charge in [-0.05, 0) is 12.5 Å². The number of non-ortho nitro benzene ring substituents is 1. The van der Waals surface area contributed by atoms with Gasteiger partial charge >= 0.3 is 51.4 Å². The number of hydrogen-bond donors (Lipinski definition) is 1. The van der Waals surface area contributed by atoms with Crippen molar-refractivity contribution in [1.29, 1.82) is 0 Å². The third kappa shape index (κ3) is 3.51. The molecule has 68 valence electrons. The van der Waals surface area contributed by atoms with Crippen LogP contribution in [0.2, 0.25) is 0 Å². The minimum atomic E-state index is -0.494. The summed E-state index contributed by atoms with van der Waals surface area (Å²) in [6.07, 6.45) is 2.01. The Morgan fingerprint density at radius 2 is 2.21 bits per heavy atom. The third-order valence-electron chi connectivity index (χ3n) is 1.64. The normalized spacial score (nSPS) is 8.86. The van der Waals surface area contributed by atoms with E-state index in [1.54, 1.807) is 6.08 Å². The van der Waals surface area contributed by atoms with Crippen LogP contribution in [0.25, 0.3) is 0 Å². The van der Waals surface area contributed by atoms with E-state index in [0.717, 1.165) is 0 Å². The van der Waals surface area contributed by atoms with E-state index in [4.69, 9.17) is 0 Å². The average molecular weight is 218 g/mol. The van der Waals surface area contributed by atoms with E-state index in [1.807, 2.05) is 0 Å². The van der Waals surface area contributed by atoms with E-state index in [9.17, 15) is 15.2 Å². The van der Waals surface area contributed by atoms with Crippen molar-refractivity contribution >= 4 is 5.69 Å². The predicted molar refractivity (Wildman–Crippen MR) is 48.7 cm³/mol. The number of allylic oxidation sites excluding steroid dienone is 1. The molecular formula is C9H9KNO3+. The van der Waals surface area contributed by atoms with Crippen LogP contribution in [0.4, 0.5) is 5.69 Å². The maximum Gasteiger partial charge on any atom is 1.00 e. The van der Waals surface area contributed by atoms with Crippen molar-refractivity contribution in [3.63, 3.8) is 0 Å². The van der Waals surface area contributed by atoms with Crippen LogP contribution in [0.15, 0.2) is 30.9 Å². The summed E-state index contributed by atoms with van der Waals surface area (Å²) in [6.45, 7) is 3.49. The average Bonchev–Trinajstić information content (AvgIpc) is 2.08. The number of nitro benzene ring substituents is 1. The number of aromatic hydroxyl groups is 1. The third-order valence-corrected chi connectivity index (χ3v) is 1.64. The van der Waals surface area contributed by atoms with Crippen molar-refractivity contribution in [3.8, 4) is 5.75 Å². The second-order valence-electron chi connectivity index (χ2n) is 2.56. The van der Waals surface area contributed by atoms with E-state index in [0.29, 0.717) is 12.0 Å². The molecule has 0 heterocycles. The van der Waals surface area contributed by atoms with Crippen LogP contribution in [0.1, 0.15) is 5.56 Å². The second kappa shape index (κ2) is 6.31. The van der Waals surface area contributed by atoms with E-state index < -0.39 is 4.92 Å². The summed E-state index contributed by atoms with van der Waals surface area (Å²) >= 11 is 0. The number of nitro groups is 1. The Balaban J connectivity index is 0.00000169. The van der Waals surface area contributed by atoms with Gasteiger partial charge in [-0.15, -0.1) is 6.58 Å². The fraction of sp³-hybridized carbons (Fsp3) is 0.111. The van der Waals surface area contributed by atoms with E-state index >= 15 is 0 Å². The first-order chi connectivity index (χ1) is 6.15. The standard InChI is InChI=1S/C9H9NO3.K/c1-2-3-7-6-8(10(12)13)4-5-9(7)11;/h2,4-6,11H,1,3H2;/q;+1. The SMILES string of the molecule is C=CCc1cc([N+](=O)[O-])ccc1O.[K+]. The fourth-order valence-electron chi connectivity index (χ4n) is 1.00. The molecule has 0 aromatic heterocycles. The van der Waals surface area contributed by atoms with Crippen LogP contribution in [0.5, 0.6) is 5.75 Å². The zero-order valence-electron chi connectivity index (χ0n) is 7.93. The number of phenolic OH excluding ortho intramolecular Hbond substituents is 1. The number of phenols is 1. The predicted octanol–water partition coefficient (Wildman–Crippen LogP) is -0.967.